The zero-order chi connectivity index (χ0) is 16.9. The van der Waals surface area contributed by atoms with Gasteiger partial charge in [0.2, 0.25) is 5.56 Å². The van der Waals surface area contributed by atoms with Gasteiger partial charge < -0.3 is 14.6 Å². The molecule has 0 atom stereocenters. The number of hydrogen-bond acceptors (Lipinski definition) is 4. The fourth-order valence-corrected chi connectivity index (χ4v) is 2.99. The van der Waals surface area contributed by atoms with Crippen LogP contribution in [0.1, 0.15) is 15.2 Å². The van der Waals surface area contributed by atoms with Gasteiger partial charge in [0.1, 0.15) is 5.75 Å². The third-order valence-electron chi connectivity index (χ3n) is 3.55. The van der Waals surface area contributed by atoms with Crippen LogP contribution >= 0.6 is 11.3 Å². The molecule has 6 heteroatoms. The predicted molar refractivity (Wildman–Crippen MR) is 94.9 cm³/mol. The van der Waals surface area contributed by atoms with Crippen LogP contribution < -0.4 is 15.2 Å². The van der Waals surface area contributed by atoms with Gasteiger partial charge in [-0.1, -0.05) is 6.07 Å². The molecule has 0 unspecified atom stereocenters. The average molecular weight is 340 g/mol. The van der Waals surface area contributed by atoms with E-state index < -0.39 is 0 Å². The van der Waals surface area contributed by atoms with Gasteiger partial charge in [-0.05, 0) is 41.8 Å². The number of thiophene rings is 1. The first-order chi connectivity index (χ1) is 11.7. The first-order valence-corrected chi connectivity index (χ1v) is 8.22. The van der Waals surface area contributed by atoms with E-state index >= 15 is 0 Å². The third kappa shape index (κ3) is 3.55. The molecule has 0 saturated heterocycles. The lowest BCUT2D eigenvalue weighted by molar-refractivity contribution is 0.0985. The molecule has 0 aliphatic carbocycles. The Kier molecular flexibility index (Phi) is 4.77. The maximum Gasteiger partial charge on any atom is 0.260 e. The van der Waals surface area contributed by atoms with E-state index in [1.807, 2.05) is 41.8 Å². The highest BCUT2D eigenvalue weighted by atomic mass is 32.1. The summed E-state index contributed by atoms with van der Waals surface area (Å²) in [7, 11) is 1.60. The van der Waals surface area contributed by atoms with Crippen molar-refractivity contribution in [2.75, 3.05) is 12.0 Å². The summed E-state index contributed by atoms with van der Waals surface area (Å²) in [6.45, 7) is 0.460. The number of hydrogen-bond donors (Lipinski definition) is 1. The van der Waals surface area contributed by atoms with Crippen LogP contribution in [-0.4, -0.2) is 18.0 Å². The van der Waals surface area contributed by atoms with E-state index in [2.05, 4.69) is 4.98 Å². The Morgan fingerprint density at radius 3 is 2.54 bits per heavy atom. The minimum atomic E-state index is -0.235. The number of aromatic nitrogens is 1. The van der Waals surface area contributed by atoms with Crippen molar-refractivity contribution < 1.29 is 9.53 Å². The molecule has 2 aromatic heterocycles. The monoisotopic (exact) mass is 340 g/mol. The Labute approximate surface area is 143 Å². The Morgan fingerprint density at radius 2 is 1.96 bits per heavy atom. The molecule has 24 heavy (non-hydrogen) atoms. The van der Waals surface area contributed by atoms with Gasteiger partial charge in [-0.15, -0.1) is 11.3 Å². The van der Waals surface area contributed by atoms with Gasteiger partial charge in [-0.3, -0.25) is 9.59 Å². The number of aromatic amines is 1. The number of rotatable bonds is 5. The van der Waals surface area contributed by atoms with E-state index in [-0.39, 0.29) is 11.5 Å². The highest BCUT2D eigenvalue weighted by Gasteiger charge is 2.19. The van der Waals surface area contributed by atoms with Crippen LogP contribution in [0.3, 0.4) is 0 Å². The fourth-order valence-electron chi connectivity index (χ4n) is 2.30. The lowest BCUT2D eigenvalue weighted by Gasteiger charge is -2.22. The summed E-state index contributed by atoms with van der Waals surface area (Å²) in [5.74, 6) is 0.552. The lowest BCUT2D eigenvalue weighted by Crippen LogP contribution is -2.30. The molecular formula is C18H16N2O3S. The molecule has 2 heterocycles. The van der Waals surface area contributed by atoms with Gasteiger partial charge in [-0.2, -0.15) is 0 Å². The molecule has 0 saturated carbocycles. The summed E-state index contributed by atoms with van der Waals surface area (Å²) in [6, 6.07) is 14.1. The van der Waals surface area contributed by atoms with Crippen LogP contribution in [0.25, 0.3) is 0 Å². The molecule has 0 bridgehead atoms. The molecule has 1 aromatic carbocycles. The van der Waals surface area contributed by atoms with Crippen LogP contribution in [-0.2, 0) is 6.54 Å². The second-order valence-electron chi connectivity index (χ2n) is 5.11. The molecule has 0 aliphatic heterocycles. The van der Waals surface area contributed by atoms with Crippen LogP contribution in [0.2, 0.25) is 0 Å². The summed E-state index contributed by atoms with van der Waals surface area (Å²) >= 11 is 1.59. The molecule has 5 nitrogen and oxygen atoms in total. The number of benzene rings is 1. The maximum absolute atomic E-state index is 12.9. The topological polar surface area (TPSA) is 62.4 Å². The van der Waals surface area contributed by atoms with Gasteiger partial charge >= 0.3 is 0 Å². The highest BCUT2D eigenvalue weighted by Crippen LogP contribution is 2.24. The average Bonchev–Trinajstić information content (AvgIpc) is 3.13. The van der Waals surface area contributed by atoms with Crippen LogP contribution in [0.5, 0.6) is 5.75 Å². The van der Waals surface area contributed by atoms with Crippen molar-refractivity contribution in [2.24, 2.45) is 0 Å². The summed E-state index contributed by atoms with van der Waals surface area (Å²) in [4.78, 5) is 29.4. The number of pyridine rings is 1. The maximum atomic E-state index is 12.9. The van der Waals surface area contributed by atoms with Gasteiger partial charge in [0, 0.05) is 22.8 Å². The van der Waals surface area contributed by atoms with Crippen LogP contribution in [0.15, 0.2) is 64.9 Å². The quantitative estimate of drug-likeness (QED) is 0.775. The first kappa shape index (κ1) is 16.0. The third-order valence-corrected chi connectivity index (χ3v) is 4.42. The van der Waals surface area contributed by atoms with Crippen molar-refractivity contribution >= 4 is 22.9 Å². The Bertz CT molecular complexity index is 850. The van der Waals surface area contributed by atoms with Gasteiger partial charge in [0.15, 0.2) is 0 Å². The summed E-state index contributed by atoms with van der Waals surface area (Å²) in [5, 5.41) is 1.98. The molecule has 122 valence electrons. The van der Waals surface area contributed by atoms with Crippen molar-refractivity contribution in [1.82, 2.24) is 4.98 Å². The Hall–Kier alpha value is -2.86. The number of methoxy groups -OCH3 is 1. The van der Waals surface area contributed by atoms with Crippen molar-refractivity contribution in [3.05, 3.63) is 80.9 Å². The number of amides is 1. The molecule has 0 fully saturated rings. The minimum absolute atomic E-state index is 0.176. The minimum Gasteiger partial charge on any atom is -0.497 e. The van der Waals surface area contributed by atoms with Crippen LogP contribution in [0.4, 0.5) is 5.69 Å². The number of carbonyl (C=O) groups excluding carboxylic acids is 1. The molecule has 0 spiro atoms. The fraction of sp³-hybridized carbons (Fsp3) is 0.111. The van der Waals surface area contributed by atoms with Crippen molar-refractivity contribution in [1.29, 1.82) is 0 Å². The second kappa shape index (κ2) is 7.14. The molecule has 0 aliphatic rings. The van der Waals surface area contributed by atoms with E-state index in [1.165, 1.54) is 18.3 Å². The number of carbonyl (C=O) groups is 1. The number of nitrogens with zero attached hydrogens (tertiary/aromatic N) is 1. The molecule has 3 aromatic rings. The zero-order valence-electron chi connectivity index (χ0n) is 13.1. The normalized spacial score (nSPS) is 10.4. The summed E-state index contributed by atoms with van der Waals surface area (Å²) < 4.78 is 5.17. The van der Waals surface area contributed by atoms with E-state index in [4.69, 9.17) is 4.74 Å². The number of H-pyrrole nitrogens is 1. The van der Waals surface area contributed by atoms with Crippen molar-refractivity contribution in [2.45, 2.75) is 6.54 Å². The van der Waals surface area contributed by atoms with Crippen LogP contribution in [0, 0.1) is 0 Å². The standard InChI is InChI=1S/C18H16N2O3S/c1-23-15-7-5-14(6-8-15)20(12-16-3-2-10-24-16)18(22)13-4-9-17(21)19-11-13/h2-11H,12H2,1H3,(H,19,21). The predicted octanol–water partition coefficient (Wildman–Crippen LogP) is 3.29. The van der Waals surface area contributed by atoms with Gasteiger partial charge in [0.25, 0.3) is 5.91 Å². The Balaban J connectivity index is 1.95. The SMILES string of the molecule is COc1ccc(N(Cc2cccs2)C(=O)c2ccc(=O)[nH]c2)cc1. The molecule has 1 N–H and O–H groups in total. The summed E-state index contributed by atoms with van der Waals surface area (Å²) in [6.07, 6.45) is 1.44. The van der Waals surface area contributed by atoms with E-state index in [9.17, 15) is 9.59 Å². The zero-order valence-corrected chi connectivity index (χ0v) is 13.9. The number of ether oxygens (including phenoxy) is 1. The molecule has 0 radical (unpaired) electrons. The molecule has 3 rings (SSSR count). The van der Waals surface area contributed by atoms with Gasteiger partial charge in [-0.25, -0.2) is 0 Å². The summed E-state index contributed by atoms with van der Waals surface area (Å²) in [5.41, 5.74) is 0.961. The number of anilines is 1. The van der Waals surface area contributed by atoms with E-state index in [0.717, 1.165) is 16.3 Å². The Morgan fingerprint density at radius 1 is 1.17 bits per heavy atom. The number of nitrogens with one attached hydrogen (secondary N) is 1. The van der Waals surface area contributed by atoms with Gasteiger partial charge in [0.05, 0.1) is 19.2 Å². The second-order valence-corrected chi connectivity index (χ2v) is 6.14. The molecular weight excluding hydrogens is 324 g/mol. The highest BCUT2D eigenvalue weighted by molar-refractivity contribution is 7.09. The smallest absolute Gasteiger partial charge is 0.260 e. The largest absolute Gasteiger partial charge is 0.497 e. The lowest BCUT2D eigenvalue weighted by atomic mass is 10.2. The molecule has 1 amide bonds. The van der Waals surface area contributed by atoms with Crippen molar-refractivity contribution in [3.8, 4) is 5.75 Å². The van der Waals surface area contributed by atoms with E-state index in [1.54, 1.807) is 23.3 Å². The first-order valence-electron chi connectivity index (χ1n) is 7.34. The van der Waals surface area contributed by atoms with E-state index in [0.29, 0.717) is 12.1 Å². The van der Waals surface area contributed by atoms with Crippen molar-refractivity contribution in [3.63, 3.8) is 0 Å².